The quantitative estimate of drug-likeness (QED) is 0.0922. The molecule has 0 bridgehead atoms. The first kappa shape index (κ1) is 40.0. The second-order valence-corrected chi connectivity index (χ2v) is 17.0. The van der Waals surface area contributed by atoms with E-state index < -0.39 is 0 Å². The summed E-state index contributed by atoms with van der Waals surface area (Å²) in [5.74, 6) is 4.15. The topological polar surface area (TPSA) is 64.6 Å². The molecule has 7 heteroatoms. The van der Waals surface area contributed by atoms with Gasteiger partial charge in [0.2, 0.25) is 11.7 Å². The molecule has 50 heavy (non-hydrogen) atoms. The van der Waals surface area contributed by atoms with Crippen molar-refractivity contribution in [1.82, 2.24) is 0 Å². The number of amides is 1. The third kappa shape index (κ3) is 10.9. The van der Waals surface area contributed by atoms with Gasteiger partial charge in [0, 0.05) is 35.9 Å². The van der Waals surface area contributed by atoms with Crippen molar-refractivity contribution < 1.29 is 23.3 Å². The average molecular weight is 753 g/mol. The third-order valence-corrected chi connectivity index (χ3v) is 12.4. The maximum absolute atomic E-state index is 13.0. The van der Waals surface area contributed by atoms with Crippen LogP contribution in [-0.2, 0) is 4.79 Å². The molecule has 2 aromatic heterocycles. The van der Waals surface area contributed by atoms with Gasteiger partial charge < -0.3 is 19.2 Å². The Labute approximate surface area is 310 Å². The van der Waals surface area contributed by atoms with Gasteiger partial charge in [-0.25, -0.2) is 4.57 Å². The van der Waals surface area contributed by atoms with E-state index in [9.17, 15) is 4.79 Å². The molecule has 276 valence electrons. The number of nitrogens with one attached hydrogen (secondary N) is 1. The number of hydrogen-bond donors (Lipinski definition) is 1. The van der Waals surface area contributed by atoms with E-state index in [2.05, 4.69) is 86.3 Å². The summed E-state index contributed by atoms with van der Waals surface area (Å²) in [6, 6.07) is 8.07. The monoisotopic (exact) mass is 751 g/mol. The fourth-order valence-electron chi connectivity index (χ4n) is 8.35. The van der Waals surface area contributed by atoms with E-state index in [0.29, 0.717) is 41.4 Å². The van der Waals surface area contributed by atoms with E-state index in [4.69, 9.17) is 13.9 Å². The van der Waals surface area contributed by atoms with Crippen LogP contribution in [0.4, 0.5) is 5.69 Å². The minimum absolute atomic E-state index is 0.0889. The average Bonchev–Trinajstić information content (AvgIpc) is 3.55. The number of furan rings is 1. The van der Waals surface area contributed by atoms with E-state index >= 15 is 0 Å². The van der Waals surface area contributed by atoms with E-state index in [1.807, 2.05) is 24.3 Å². The number of alkyl halides is 1. The molecule has 6 atom stereocenters. The van der Waals surface area contributed by atoms with Crippen molar-refractivity contribution in [2.24, 2.45) is 29.1 Å². The van der Waals surface area contributed by atoms with Crippen molar-refractivity contribution in [2.45, 2.75) is 129 Å². The Morgan fingerprint density at radius 2 is 1.86 bits per heavy atom. The Hall–Kier alpha value is -2.80. The highest BCUT2D eigenvalue weighted by atomic mass is 79.9. The molecule has 4 rings (SSSR count). The van der Waals surface area contributed by atoms with Gasteiger partial charge in [0.05, 0.1) is 30.5 Å². The zero-order valence-electron chi connectivity index (χ0n) is 31.9. The molecule has 0 aliphatic heterocycles. The van der Waals surface area contributed by atoms with Gasteiger partial charge in [-0.2, -0.15) is 0 Å². The van der Waals surface area contributed by atoms with Crippen LogP contribution in [0.15, 0.2) is 53.9 Å². The zero-order valence-corrected chi connectivity index (χ0v) is 33.5. The van der Waals surface area contributed by atoms with E-state index in [0.717, 1.165) is 60.1 Å². The number of nitrogens with zero attached hydrogens (tertiary/aromatic N) is 1. The molecular weight excluding hydrogens is 688 g/mol. The number of rotatable bonds is 20. The van der Waals surface area contributed by atoms with Gasteiger partial charge in [0.25, 0.3) is 0 Å². The highest BCUT2D eigenvalue weighted by molar-refractivity contribution is 9.09. The van der Waals surface area contributed by atoms with Crippen molar-refractivity contribution in [3.05, 3.63) is 55.1 Å². The molecule has 0 radical (unpaired) electrons. The summed E-state index contributed by atoms with van der Waals surface area (Å²) >= 11 is 3.96. The van der Waals surface area contributed by atoms with Gasteiger partial charge in [-0.05, 0) is 60.5 Å². The number of carbonyl (C=O) groups excluding carboxylic acids is 1. The van der Waals surface area contributed by atoms with Gasteiger partial charge in [0.15, 0.2) is 29.8 Å². The molecule has 0 spiro atoms. The predicted octanol–water partition coefficient (Wildman–Crippen LogP) is 12.0. The molecule has 1 saturated carbocycles. The second-order valence-electron chi connectivity index (χ2n) is 15.8. The van der Waals surface area contributed by atoms with Gasteiger partial charge in [-0.1, -0.05) is 115 Å². The maximum Gasteiger partial charge on any atom is 0.224 e. The second kappa shape index (κ2) is 19.2. The number of aromatic nitrogens is 1. The Morgan fingerprint density at radius 3 is 2.54 bits per heavy atom. The predicted molar refractivity (Wildman–Crippen MR) is 211 cm³/mol. The van der Waals surface area contributed by atoms with Crippen molar-refractivity contribution in [3.63, 3.8) is 0 Å². The third-order valence-electron chi connectivity index (χ3n) is 11.3. The minimum atomic E-state index is 0.0889. The SMILES string of the molecule is C=Cc1cc2ccoc2c(OCCC(C(Br)CCC)[n+]2ccc(NC(=O)CC(C)CCCC(C)CCC3C(C)CCCC3(C)C)cc2)c1OC. The zero-order chi connectivity index (χ0) is 36.3. The van der Waals surface area contributed by atoms with Crippen LogP contribution in [0.1, 0.15) is 130 Å². The first-order valence-electron chi connectivity index (χ1n) is 19.2. The molecule has 1 aromatic carbocycles. The lowest BCUT2D eigenvalue weighted by molar-refractivity contribution is -0.723. The summed E-state index contributed by atoms with van der Waals surface area (Å²) < 4.78 is 20.0. The molecule has 0 saturated heterocycles. The Morgan fingerprint density at radius 1 is 1.12 bits per heavy atom. The lowest BCUT2D eigenvalue weighted by Crippen LogP contribution is -2.44. The molecular formula is C43H64BrN2O4+. The maximum atomic E-state index is 13.0. The summed E-state index contributed by atoms with van der Waals surface area (Å²) in [7, 11) is 1.64. The van der Waals surface area contributed by atoms with Crippen LogP contribution in [0.3, 0.4) is 0 Å². The fraction of sp³-hybridized carbons (Fsp3) is 0.628. The number of benzene rings is 1. The molecule has 1 N–H and O–H groups in total. The number of halogens is 1. The number of hydrogen-bond acceptors (Lipinski definition) is 4. The first-order chi connectivity index (χ1) is 24.0. The van der Waals surface area contributed by atoms with E-state index in [-0.39, 0.29) is 16.8 Å². The van der Waals surface area contributed by atoms with Crippen LogP contribution in [0.2, 0.25) is 0 Å². The number of anilines is 1. The van der Waals surface area contributed by atoms with Crippen molar-refractivity contribution in [3.8, 4) is 11.5 Å². The van der Waals surface area contributed by atoms with Gasteiger partial charge in [-0.15, -0.1) is 0 Å². The van der Waals surface area contributed by atoms with Crippen LogP contribution in [-0.4, -0.2) is 24.5 Å². The number of carbonyl (C=O) groups is 1. The van der Waals surface area contributed by atoms with Gasteiger partial charge in [0.1, 0.15) is 0 Å². The highest BCUT2D eigenvalue weighted by Crippen LogP contribution is 2.46. The Bertz CT molecular complexity index is 1500. The number of methoxy groups -OCH3 is 1. The molecule has 1 fully saturated rings. The molecule has 2 heterocycles. The van der Waals surface area contributed by atoms with Crippen molar-refractivity contribution in [1.29, 1.82) is 0 Å². The molecule has 3 aromatic rings. The summed E-state index contributed by atoms with van der Waals surface area (Å²) in [6.07, 6.45) is 21.4. The van der Waals surface area contributed by atoms with Crippen LogP contribution in [0.5, 0.6) is 11.5 Å². The highest BCUT2D eigenvalue weighted by Gasteiger charge is 2.36. The van der Waals surface area contributed by atoms with Gasteiger partial charge >= 0.3 is 0 Å². The lowest BCUT2D eigenvalue weighted by atomic mass is 9.62. The lowest BCUT2D eigenvalue weighted by Gasteiger charge is -2.43. The minimum Gasteiger partial charge on any atom is -0.492 e. The first-order valence-corrected chi connectivity index (χ1v) is 20.2. The number of ether oxygens (including phenoxy) is 2. The summed E-state index contributed by atoms with van der Waals surface area (Å²) in [5.41, 5.74) is 2.86. The Balaban J connectivity index is 1.25. The standard InChI is InChI=1S/C43H63BrN2O4/c1-9-13-37(44)38(22-27-50-42-40(48-8)33(10-2)29-34-21-26-49-41(34)42)46-24-19-35(20-25-46)45-39(47)28-31(4)15-11-14-30(3)17-18-36-32(5)16-12-23-43(36,6)7/h10,19-21,24-26,29-32,36-38H,2,9,11-18,22-23,27-28H2,1,3-8H3/p+1. The number of fused-ring (bicyclic) bond motifs is 1. The molecule has 6 unspecified atom stereocenters. The summed E-state index contributed by atoms with van der Waals surface area (Å²) in [6.45, 7) is 18.7. The van der Waals surface area contributed by atoms with E-state index in [1.165, 1.54) is 44.9 Å². The normalized spacial score (nSPS) is 19.8. The van der Waals surface area contributed by atoms with Crippen molar-refractivity contribution >= 4 is 44.6 Å². The molecule has 1 amide bonds. The summed E-state index contributed by atoms with van der Waals surface area (Å²) in [5, 5.41) is 4.09. The molecule has 6 nitrogen and oxygen atoms in total. The van der Waals surface area contributed by atoms with Crippen molar-refractivity contribution in [2.75, 3.05) is 19.0 Å². The molecule has 1 aliphatic carbocycles. The number of pyridine rings is 1. The van der Waals surface area contributed by atoms with E-state index in [1.54, 1.807) is 19.4 Å². The molecule has 1 aliphatic rings. The summed E-state index contributed by atoms with van der Waals surface area (Å²) in [4.78, 5) is 13.2. The fourth-order valence-corrected chi connectivity index (χ4v) is 9.35. The van der Waals surface area contributed by atoms with Crippen LogP contribution in [0.25, 0.3) is 17.0 Å². The van der Waals surface area contributed by atoms with Crippen LogP contribution >= 0.6 is 15.9 Å². The van der Waals surface area contributed by atoms with Gasteiger partial charge in [-0.3, -0.25) is 4.79 Å². The largest absolute Gasteiger partial charge is 0.492 e. The Kier molecular flexibility index (Phi) is 15.3. The van der Waals surface area contributed by atoms with Crippen LogP contribution < -0.4 is 19.4 Å². The van der Waals surface area contributed by atoms with Crippen LogP contribution in [0, 0.1) is 29.1 Å². The smallest absolute Gasteiger partial charge is 0.224 e.